The molecule has 2 unspecified atom stereocenters. The van der Waals surface area contributed by atoms with Crippen LogP contribution in [0.4, 0.5) is 5.69 Å². The van der Waals surface area contributed by atoms with E-state index in [1.165, 1.54) is 32.1 Å². The topological polar surface area (TPSA) is 24.5 Å². The number of nitrogens with zero attached hydrogens (tertiary/aromatic N) is 1. The Morgan fingerprint density at radius 1 is 1.16 bits per heavy atom. The van der Waals surface area contributed by atoms with Gasteiger partial charge in [0.2, 0.25) is 0 Å². The van der Waals surface area contributed by atoms with Gasteiger partial charge in [0.15, 0.2) is 0 Å². The van der Waals surface area contributed by atoms with Gasteiger partial charge in [-0.15, -0.1) is 0 Å². The zero-order valence-electron chi connectivity index (χ0n) is 11.9. The number of hydrogen-bond acceptors (Lipinski definition) is 3. The van der Waals surface area contributed by atoms with Crippen LogP contribution < -0.4 is 10.1 Å². The molecular weight excluding hydrogens is 236 g/mol. The number of ether oxygens (including phenoxy) is 1. The molecule has 2 atom stereocenters. The first-order chi connectivity index (χ1) is 9.28. The molecule has 3 nitrogen and oxygen atoms in total. The van der Waals surface area contributed by atoms with Crippen LogP contribution in [0, 0.1) is 0 Å². The van der Waals surface area contributed by atoms with Crippen LogP contribution in [0.15, 0.2) is 24.3 Å². The molecule has 3 rings (SSSR count). The average Bonchev–Trinajstić information content (AvgIpc) is 2.40. The number of benzene rings is 1. The summed E-state index contributed by atoms with van der Waals surface area (Å²) in [6.45, 7) is 0. The van der Waals surface area contributed by atoms with Gasteiger partial charge in [0.25, 0.3) is 0 Å². The second-order valence-corrected chi connectivity index (χ2v) is 5.92. The van der Waals surface area contributed by atoms with Gasteiger partial charge >= 0.3 is 0 Å². The number of para-hydroxylation sites is 2. The minimum atomic E-state index is 0.586. The second kappa shape index (κ2) is 5.41. The van der Waals surface area contributed by atoms with Crippen molar-refractivity contribution >= 4 is 5.69 Å². The molecule has 0 aliphatic carbocycles. The van der Waals surface area contributed by atoms with Gasteiger partial charge in [-0.2, -0.15) is 0 Å². The van der Waals surface area contributed by atoms with Gasteiger partial charge in [0.1, 0.15) is 5.75 Å². The van der Waals surface area contributed by atoms with Gasteiger partial charge in [-0.05, 0) is 44.9 Å². The highest BCUT2D eigenvalue weighted by molar-refractivity contribution is 5.56. The molecule has 1 N–H and O–H groups in total. The average molecular weight is 260 g/mol. The fraction of sp³-hybridized carbons (Fsp3) is 0.625. The van der Waals surface area contributed by atoms with Gasteiger partial charge in [-0.3, -0.25) is 0 Å². The van der Waals surface area contributed by atoms with Crippen molar-refractivity contribution in [2.24, 2.45) is 0 Å². The van der Waals surface area contributed by atoms with E-state index in [0.29, 0.717) is 6.04 Å². The molecule has 1 aromatic rings. The summed E-state index contributed by atoms with van der Waals surface area (Å²) in [6.07, 6.45) is 6.63. The predicted molar refractivity (Wildman–Crippen MR) is 78.8 cm³/mol. The van der Waals surface area contributed by atoms with Gasteiger partial charge in [0.05, 0.1) is 12.8 Å². The Morgan fingerprint density at radius 3 is 2.53 bits per heavy atom. The van der Waals surface area contributed by atoms with Crippen molar-refractivity contribution in [1.82, 2.24) is 4.90 Å². The van der Waals surface area contributed by atoms with Crippen LogP contribution in [-0.4, -0.2) is 37.2 Å². The molecule has 2 aliphatic rings. The maximum absolute atomic E-state index is 5.43. The third kappa shape index (κ3) is 2.57. The highest BCUT2D eigenvalue weighted by Gasteiger charge is 2.35. The largest absolute Gasteiger partial charge is 0.495 e. The van der Waals surface area contributed by atoms with E-state index in [2.05, 4.69) is 29.4 Å². The molecular formula is C16H24N2O. The second-order valence-electron chi connectivity index (χ2n) is 5.92. The third-order valence-electron chi connectivity index (χ3n) is 4.81. The van der Waals surface area contributed by atoms with E-state index in [-0.39, 0.29) is 0 Å². The summed E-state index contributed by atoms with van der Waals surface area (Å²) in [5.41, 5.74) is 1.14. The van der Waals surface area contributed by atoms with E-state index >= 15 is 0 Å². The molecule has 0 amide bonds. The normalized spacial score (nSPS) is 30.9. The summed E-state index contributed by atoms with van der Waals surface area (Å²) in [7, 11) is 4.04. The molecule has 0 aromatic heterocycles. The molecule has 2 saturated heterocycles. The molecule has 0 saturated carbocycles. The third-order valence-corrected chi connectivity index (χ3v) is 4.81. The summed E-state index contributed by atoms with van der Waals surface area (Å²) in [4.78, 5) is 2.60. The molecule has 2 bridgehead atoms. The van der Waals surface area contributed by atoms with E-state index in [1.54, 1.807) is 7.11 Å². The minimum Gasteiger partial charge on any atom is -0.495 e. The quantitative estimate of drug-likeness (QED) is 0.903. The Morgan fingerprint density at radius 2 is 1.84 bits per heavy atom. The molecule has 19 heavy (non-hydrogen) atoms. The van der Waals surface area contributed by atoms with Crippen LogP contribution in [0.2, 0.25) is 0 Å². The number of piperidine rings is 2. The summed E-state index contributed by atoms with van der Waals surface area (Å²) in [5, 5.41) is 3.70. The van der Waals surface area contributed by atoms with Crippen molar-refractivity contribution in [1.29, 1.82) is 0 Å². The van der Waals surface area contributed by atoms with E-state index in [9.17, 15) is 0 Å². The van der Waals surface area contributed by atoms with Crippen LogP contribution in [0.25, 0.3) is 0 Å². The summed E-state index contributed by atoms with van der Waals surface area (Å²) < 4.78 is 5.43. The Labute approximate surface area is 115 Å². The van der Waals surface area contributed by atoms with Crippen molar-refractivity contribution in [3.8, 4) is 5.75 Å². The molecule has 2 fully saturated rings. The lowest BCUT2D eigenvalue weighted by Crippen LogP contribution is -2.52. The Hall–Kier alpha value is -1.22. The van der Waals surface area contributed by atoms with Crippen LogP contribution in [0.1, 0.15) is 32.1 Å². The first-order valence-electron chi connectivity index (χ1n) is 7.39. The van der Waals surface area contributed by atoms with Crippen LogP contribution in [-0.2, 0) is 0 Å². The lowest BCUT2D eigenvalue weighted by molar-refractivity contribution is 0.0608. The maximum Gasteiger partial charge on any atom is 0.141 e. The Bertz CT molecular complexity index is 421. The number of methoxy groups -OCH3 is 1. The Kier molecular flexibility index (Phi) is 3.65. The minimum absolute atomic E-state index is 0.586. The first kappa shape index (κ1) is 12.8. The lowest BCUT2D eigenvalue weighted by Gasteiger charge is -2.47. The molecule has 104 valence electrons. The zero-order chi connectivity index (χ0) is 13.2. The van der Waals surface area contributed by atoms with E-state index in [1.807, 2.05) is 12.1 Å². The molecule has 0 radical (unpaired) electrons. The first-order valence-corrected chi connectivity index (χ1v) is 7.39. The van der Waals surface area contributed by atoms with Gasteiger partial charge < -0.3 is 15.0 Å². The van der Waals surface area contributed by atoms with Gasteiger partial charge in [0, 0.05) is 18.1 Å². The summed E-state index contributed by atoms with van der Waals surface area (Å²) in [5.74, 6) is 0.951. The van der Waals surface area contributed by atoms with Crippen molar-refractivity contribution in [3.63, 3.8) is 0 Å². The van der Waals surface area contributed by atoms with Crippen molar-refractivity contribution in [2.75, 3.05) is 19.5 Å². The van der Waals surface area contributed by atoms with Crippen molar-refractivity contribution in [3.05, 3.63) is 24.3 Å². The van der Waals surface area contributed by atoms with Crippen LogP contribution in [0.3, 0.4) is 0 Å². The number of fused-ring (bicyclic) bond motifs is 2. The van der Waals surface area contributed by atoms with Crippen molar-refractivity contribution in [2.45, 2.75) is 50.2 Å². The smallest absolute Gasteiger partial charge is 0.141 e. The van der Waals surface area contributed by atoms with Crippen molar-refractivity contribution < 1.29 is 4.74 Å². The SMILES string of the molecule is COc1ccccc1NC1CC2CCCC(C1)N2C. The van der Waals surface area contributed by atoms with Crippen LogP contribution in [0.5, 0.6) is 5.75 Å². The highest BCUT2D eigenvalue weighted by atomic mass is 16.5. The van der Waals surface area contributed by atoms with Gasteiger partial charge in [-0.25, -0.2) is 0 Å². The van der Waals surface area contributed by atoms with Crippen LogP contribution >= 0.6 is 0 Å². The monoisotopic (exact) mass is 260 g/mol. The fourth-order valence-electron chi connectivity index (χ4n) is 3.72. The number of rotatable bonds is 3. The fourth-order valence-corrected chi connectivity index (χ4v) is 3.72. The Balaban J connectivity index is 1.70. The standard InChI is InChI=1S/C16H24N2O/c1-18-13-6-5-7-14(18)11-12(10-13)17-15-8-3-4-9-16(15)19-2/h3-4,8-9,12-14,17H,5-7,10-11H2,1-2H3. The molecule has 0 spiro atoms. The molecule has 3 heteroatoms. The van der Waals surface area contributed by atoms with Gasteiger partial charge in [-0.1, -0.05) is 18.6 Å². The predicted octanol–water partition coefficient (Wildman–Crippen LogP) is 3.12. The summed E-state index contributed by atoms with van der Waals surface area (Å²) >= 11 is 0. The molecule has 2 aliphatic heterocycles. The highest BCUT2D eigenvalue weighted by Crippen LogP contribution is 2.35. The zero-order valence-corrected chi connectivity index (χ0v) is 11.9. The van der Waals surface area contributed by atoms with E-state index < -0.39 is 0 Å². The number of anilines is 1. The molecule has 1 aromatic carbocycles. The lowest BCUT2D eigenvalue weighted by atomic mass is 9.82. The molecule has 2 heterocycles. The number of nitrogens with one attached hydrogen (secondary N) is 1. The van der Waals surface area contributed by atoms with E-state index in [4.69, 9.17) is 4.74 Å². The summed E-state index contributed by atoms with van der Waals surface area (Å²) in [6, 6.07) is 10.3. The maximum atomic E-state index is 5.43. The number of hydrogen-bond donors (Lipinski definition) is 1. The van der Waals surface area contributed by atoms with E-state index in [0.717, 1.165) is 23.5 Å².